The van der Waals surface area contributed by atoms with E-state index in [1.54, 1.807) is 31.2 Å². The lowest BCUT2D eigenvalue weighted by Crippen LogP contribution is -2.32. The number of esters is 1. The third kappa shape index (κ3) is 3.48. The number of rotatable bonds is 5. The summed E-state index contributed by atoms with van der Waals surface area (Å²) < 4.78 is 9.93. The van der Waals surface area contributed by atoms with Gasteiger partial charge in [-0.15, -0.1) is 0 Å². The molecule has 92 valence electrons. The first-order valence-electron chi connectivity index (χ1n) is 5.22. The highest BCUT2D eigenvalue weighted by Gasteiger charge is 2.14. The number of hydrogen-bond acceptors (Lipinski definition) is 4. The zero-order valence-electron chi connectivity index (χ0n) is 9.80. The molecule has 1 amide bonds. The Kier molecular flexibility index (Phi) is 4.51. The topological polar surface area (TPSA) is 78.6 Å². The van der Waals surface area contributed by atoms with Gasteiger partial charge in [-0.05, 0) is 30.7 Å². The molecule has 0 aromatic heterocycles. The van der Waals surface area contributed by atoms with Crippen molar-refractivity contribution in [2.24, 2.45) is 5.73 Å². The van der Waals surface area contributed by atoms with Crippen LogP contribution >= 0.6 is 0 Å². The van der Waals surface area contributed by atoms with Gasteiger partial charge in [0.1, 0.15) is 5.75 Å². The van der Waals surface area contributed by atoms with E-state index in [-0.39, 0.29) is 0 Å². The SMILES string of the molecule is CCC(Oc1ccc(C(=O)OC)cc1)C(N)=O. The quantitative estimate of drug-likeness (QED) is 0.778. The van der Waals surface area contributed by atoms with E-state index in [1.165, 1.54) is 7.11 Å². The Morgan fingerprint density at radius 2 is 1.88 bits per heavy atom. The monoisotopic (exact) mass is 237 g/mol. The molecule has 0 heterocycles. The molecule has 0 aliphatic rings. The second-order valence-electron chi connectivity index (χ2n) is 3.43. The van der Waals surface area contributed by atoms with Gasteiger partial charge in [0.15, 0.2) is 6.10 Å². The van der Waals surface area contributed by atoms with Crippen LogP contribution in [-0.4, -0.2) is 25.1 Å². The zero-order chi connectivity index (χ0) is 12.8. The van der Waals surface area contributed by atoms with Crippen molar-refractivity contribution in [1.82, 2.24) is 0 Å². The van der Waals surface area contributed by atoms with Gasteiger partial charge in [0.25, 0.3) is 5.91 Å². The van der Waals surface area contributed by atoms with E-state index in [4.69, 9.17) is 10.5 Å². The van der Waals surface area contributed by atoms with Crippen LogP contribution in [0.3, 0.4) is 0 Å². The molecule has 5 heteroatoms. The molecule has 17 heavy (non-hydrogen) atoms. The van der Waals surface area contributed by atoms with Crippen LogP contribution in [0.15, 0.2) is 24.3 Å². The van der Waals surface area contributed by atoms with E-state index in [9.17, 15) is 9.59 Å². The number of carbonyl (C=O) groups is 2. The van der Waals surface area contributed by atoms with Crippen molar-refractivity contribution in [2.75, 3.05) is 7.11 Å². The second kappa shape index (κ2) is 5.89. The molecule has 1 unspecified atom stereocenters. The Morgan fingerprint density at radius 1 is 1.29 bits per heavy atom. The first kappa shape index (κ1) is 13.0. The largest absolute Gasteiger partial charge is 0.481 e. The highest BCUT2D eigenvalue weighted by Crippen LogP contribution is 2.15. The number of nitrogens with two attached hydrogens (primary N) is 1. The van der Waals surface area contributed by atoms with Crippen molar-refractivity contribution in [3.05, 3.63) is 29.8 Å². The van der Waals surface area contributed by atoms with Gasteiger partial charge in [0.05, 0.1) is 12.7 Å². The average molecular weight is 237 g/mol. The Labute approximate surface area is 99.5 Å². The predicted molar refractivity (Wildman–Crippen MR) is 61.7 cm³/mol. The summed E-state index contributed by atoms with van der Waals surface area (Å²) in [5.74, 6) is -0.439. The van der Waals surface area contributed by atoms with Crippen molar-refractivity contribution in [3.63, 3.8) is 0 Å². The summed E-state index contributed by atoms with van der Waals surface area (Å²) in [6, 6.07) is 6.32. The molecule has 0 fully saturated rings. The number of benzene rings is 1. The molecule has 0 saturated carbocycles. The first-order valence-corrected chi connectivity index (χ1v) is 5.22. The van der Waals surface area contributed by atoms with E-state index < -0.39 is 18.0 Å². The molecule has 0 bridgehead atoms. The van der Waals surface area contributed by atoms with Crippen molar-refractivity contribution in [1.29, 1.82) is 0 Å². The minimum absolute atomic E-state index is 0.418. The molecule has 0 aliphatic carbocycles. The summed E-state index contributed by atoms with van der Waals surface area (Å²) in [7, 11) is 1.31. The molecule has 0 aliphatic heterocycles. The molecule has 1 atom stereocenters. The van der Waals surface area contributed by atoms with Gasteiger partial charge in [0.2, 0.25) is 0 Å². The van der Waals surface area contributed by atoms with Gasteiger partial charge in [-0.2, -0.15) is 0 Å². The molecule has 1 rings (SSSR count). The van der Waals surface area contributed by atoms with Gasteiger partial charge < -0.3 is 15.2 Å². The van der Waals surface area contributed by atoms with Gasteiger partial charge in [-0.3, -0.25) is 4.79 Å². The number of methoxy groups -OCH3 is 1. The Balaban J connectivity index is 2.74. The van der Waals surface area contributed by atoms with E-state index in [2.05, 4.69) is 4.74 Å². The highest BCUT2D eigenvalue weighted by molar-refractivity contribution is 5.89. The van der Waals surface area contributed by atoms with Crippen LogP contribution < -0.4 is 10.5 Å². The summed E-state index contributed by atoms with van der Waals surface area (Å²) in [6.45, 7) is 1.80. The lowest BCUT2D eigenvalue weighted by atomic mass is 10.2. The van der Waals surface area contributed by atoms with E-state index in [0.29, 0.717) is 17.7 Å². The summed E-state index contributed by atoms with van der Waals surface area (Å²) in [5, 5.41) is 0. The summed E-state index contributed by atoms with van der Waals surface area (Å²) in [6.07, 6.45) is -0.160. The van der Waals surface area contributed by atoms with Gasteiger partial charge >= 0.3 is 5.97 Å². The molecular formula is C12H15NO4. The van der Waals surface area contributed by atoms with E-state index in [1.807, 2.05) is 0 Å². The number of primary amides is 1. The smallest absolute Gasteiger partial charge is 0.337 e. The molecule has 5 nitrogen and oxygen atoms in total. The minimum atomic E-state index is -0.654. The van der Waals surface area contributed by atoms with Crippen molar-refractivity contribution in [2.45, 2.75) is 19.4 Å². The fraction of sp³-hybridized carbons (Fsp3) is 0.333. The van der Waals surface area contributed by atoms with Crippen LogP contribution in [0.25, 0.3) is 0 Å². The van der Waals surface area contributed by atoms with Crippen LogP contribution in [0.1, 0.15) is 23.7 Å². The highest BCUT2D eigenvalue weighted by atomic mass is 16.5. The van der Waals surface area contributed by atoms with E-state index in [0.717, 1.165) is 0 Å². The maximum atomic E-state index is 11.2. The fourth-order valence-electron chi connectivity index (χ4n) is 1.29. The van der Waals surface area contributed by atoms with E-state index >= 15 is 0 Å². The van der Waals surface area contributed by atoms with Crippen LogP contribution in [0, 0.1) is 0 Å². The normalized spacial score (nSPS) is 11.6. The van der Waals surface area contributed by atoms with Gasteiger partial charge in [-0.1, -0.05) is 6.92 Å². The Bertz CT molecular complexity index is 399. The number of hydrogen-bond donors (Lipinski definition) is 1. The average Bonchev–Trinajstić information content (AvgIpc) is 2.35. The zero-order valence-corrected chi connectivity index (χ0v) is 9.80. The lowest BCUT2D eigenvalue weighted by molar-refractivity contribution is -0.124. The maximum Gasteiger partial charge on any atom is 0.337 e. The Hall–Kier alpha value is -2.04. The number of carbonyl (C=O) groups excluding carboxylic acids is 2. The standard InChI is InChI=1S/C12H15NO4/c1-3-10(11(13)14)17-9-6-4-8(5-7-9)12(15)16-2/h4-7,10H,3H2,1-2H3,(H2,13,14). The summed E-state index contributed by atoms with van der Waals surface area (Å²) in [5.41, 5.74) is 5.58. The third-order valence-corrected chi connectivity index (χ3v) is 2.24. The number of ether oxygens (including phenoxy) is 2. The minimum Gasteiger partial charge on any atom is -0.481 e. The van der Waals surface area contributed by atoms with Crippen molar-refractivity contribution in [3.8, 4) is 5.75 Å². The number of amides is 1. The fourth-order valence-corrected chi connectivity index (χ4v) is 1.29. The Morgan fingerprint density at radius 3 is 2.29 bits per heavy atom. The van der Waals surface area contributed by atoms with Gasteiger partial charge in [0, 0.05) is 0 Å². The van der Waals surface area contributed by atoms with Crippen molar-refractivity contribution < 1.29 is 19.1 Å². The van der Waals surface area contributed by atoms with Crippen LogP contribution in [0.2, 0.25) is 0 Å². The van der Waals surface area contributed by atoms with Gasteiger partial charge in [-0.25, -0.2) is 4.79 Å². The molecule has 2 N–H and O–H groups in total. The summed E-state index contributed by atoms with van der Waals surface area (Å²) in [4.78, 5) is 22.2. The first-order chi connectivity index (χ1) is 8.08. The molecule has 0 radical (unpaired) electrons. The molecule has 1 aromatic carbocycles. The predicted octanol–water partition coefficient (Wildman–Crippen LogP) is 1.12. The van der Waals surface area contributed by atoms with Crippen molar-refractivity contribution >= 4 is 11.9 Å². The third-order valence-electron chi connectivity index (χ3n) is 2.24. The second-order valence-corrected chi connectivity index (χ2v) is 3.43. The van der Waals surface area contributed by atoms with Crippen LogP contribution in [0.5, 0.6) is 5.75 Å². The summed E-state index contributed by atoms with van der Waals surface area (Å²) >= 11 is 0. The molecule has 0 spiro atoms. The molecular weight excluding hydrogens is 222 g/mol. The van der Waals surface area contributed by atoms with Crippen LogP contribution in [-0.2, 0) is 9.53 Å². The molecule has 0 saturated heterocycles. The maximum absolute atomic E-state index is 11.2. The molecule has 1 aromatic rings. The van der Waals surface area contributed by atoms with Crippen LogP contribution in [0.4, 0.5) is 0 Å². The lowest BCUT2D eigenvalue weighted by Gasteiger charge is -2.13.